The van der Waals surface area contributed by atoms with E-state index in [4.69, 9.17) is 0 Å². The molecule has 0 spiro atoms. The van der Waals surface area contributed by atoms with E-state index in [0.29, 0.717) is 0 Å². The van der Waals surface area contributed by atoms with Crippen molar-refractivity contribution >= 4 is 10.8 Å². The molecule has 0 atom stereocenters. The predicted molar refractivity (Wildman–Crippen MR) is 97.1 cm³/mol. The van der Waals surface area contributed by atoms with Crippen LogP contribution in [0.15, 0.2) is 30.3 Å². The Hall–Kier alpha value is -1.38. The van der Waals surface area contributed by atoms with E-state index < -0.39 is 0 Å². The van der Waals surface area contributed by atoms with E-state index in [-0.39, 0.29) is 6.61 Å². The van der Waals surface area contributed by atoms with Crippen molar-refractivity contribution in [2.45, 2.75) is 59.2 Å². The number of rotatable bonds is 7. The summed E-state index contributed by atoms with van der Waals surface area (Å²) >= 11 is 0. The van der Waals surface area contributed by atoms with Gasteiger partial charge in [0, 0.05) is 11.1 Å². The maximum absolute atomic E-state index is 10.0. The van der Waals surface area contributed by atoms with Crippen LogP contribution < -0.4 is 0 Å². The second-order valence-corrected chi connectivity index (χ2v) is 7.18. The first kappa shape index (κ1) is 16.5. The summed E-state index contributed by atoms with van der Waals surface area (Å²) in [6.45, 7) is 9.52. The highest BCUT2D eigenvalue weighted by atomic mass is 16.3. The van der Waals surface area contributed by atoms with E-state index in [0.717, 1.165) is 13.1 Å². The molecule has 0 saturated heterocycles. The quantitative estimate of drug-likeness (QED) is 0.731. The zero-order chi connectivity index (χ0) is 16.3. The summed E-state index contributed by atoms with van der Waals surface area (Å²) in [5.74, 6) is 0. The lowest BCUT2D eigenvalue weighted by atomic mass is 9.96. The minimum absolute atomic E-state index is 0.158. The molecule has 2 nitrogen and oxygen atoms in total. The van der Waals surface area contributed by atoms with Crippen molar-refractivity contribution in [2.24, 2.45) is 0 Å². The molecule has 1 aliphatic rings. The van der Waals surface area contributed by atoms with Gasteiger partial charge in [-0.1, -0.05) is 51.0 Å². The minimum atomic E-state index is 0.158. The van der Waals surface area contributed by atoms with Crippen LogP contribution in [-0.4, -0.2) is 22.7 Å². The molecule has 0 unspecified atom stereocenters. The largest absolute Gasteiger partial charge is 0.392 e. The Balaban J connectivity index is 2.01. The summed E-state index contributed by atoms with van der Waals surface area (Å²) in [5.41, 5.74) is 4.07. The standard InChI is InChI=1S/C21H30NO/c1-3-5-11-22(12-6-4-2)14-18-13-17-9-7-8-10-19(17)21(16-23)20(18)15-22/h7-10,13,23H,3-6,11-12,14-16H2,1-2H3/q+1. The average molecular weight is 312 g/mol. The maximum atomic E-state index is 10.0. The van der Waals surface area contributed by atoms with Gasteiger partial charge in [0.25, 0.3) is 0 Å². The van der Waals surface area contributed by atoms with Gasteiger partial charge in [-0.15, -0.1) is 0 Å². The molecule has 0 saturated carbocycles. The third kappa shape index (κ3) is 3.15. The molecule has 23 heavy (non-hydrogen) atoms. The van der Waals surface area contributed by atoms with Crippen LogP contribution in [0.25, 0.3) is 10.8 Å². The van der Waals surface area contributed by atoms with Gasteiger partial charge in [0.1, 0.15) is 13.1 Å². The molecule has 2 aromatic carbocycles. The summed E-state index contributed by atoms with van der Waals surface area (Å²) in [6, 6.07) is 10.9. The Morgan fingerprint density at radius 1 is 1.00 bits per heavy atom. The molecule has 1 N–H and O–H groups in total. The zero-order valence-corrected chi connectivity index (χ0v) is 14.6. The van der Waals surface area contributed by atoms with Gasteiger partial charge in [0.2, 0.25) is 0 Å². The van der Waals surface area contributed by atoms with Crippen molar-refractivity contribution in [3.05, 3.63) is 47.0 Å². The molecular formula is C21H30NO+. The molecule has 2 heteroatoms. The van der Waals surface area contributed by atoms with Crippen LogP contribution in [0.3, 0.4) is 0 Å². The molecule has 1 heterocycles. The van der Waals surface area contributed by atoms with Gasteiger partial charge in [-0.3, -0.25) is 0 Å². The molecule has 124 valence electrons. The number of quaternary nitrogens is 1. The average Bonchev–Trinajstić information content (AvgIpc) is 2.94. The molecular weight excluding hydrogens is 282 g/mol. The van der Waals surface area contributed by atoms with Gasteiger partial charge < -0.3 is 9.59 Å². The molecule has 0 radical (unpaired) electrons. The van der Waals surface area contributed by atoms with Gasteiger partial charge >= 0.3 is 0 Å². The van der Waals surface area contributed by atoms with Gasteiger partial charge in [0.05, 0.1) is 19.7 Å². The van der Waals surface area contributed by atoms with E-state index in [1.807, 2.05) is 0 Å². The Labute approximate surface area is 140 Å². The molecule has 1 aliphatic heterocycles. The second-order valence-electron chi connectivity index (χ2n) is 7.18. The first-order valence-electron chi connectivity index (χ1n) is 9.21. The Bertz CT molecular complexity index is 669. The zero-order valence-electron chi connectivity index (χ0n) is 14.6. The third-order valence-electron chi connectivity index (χ3n) is 5.50. The predicted octanol–water partition coefficient (Wildman–Crippen LogP) is 4.76. The van der Waals surface area contributed by atoms with Crippen LogP contribution in [0.2, 0.25) is 0 Å². The fraction of sp³-hybridized carbons (Fsp3) is 0.524. The summed E-state index contributed by atoms with van der Waals surface area (Å²) in [5, 5.41) is 12.5. The Morgan fingerprint density at radius 3 is 2.35 bits per heavy atom. The highest BCUT2D eigenvalue weighted by molar-refractivity contribution is 5.87. The van der Waals surface area contributed by atoms with Crippen LogP contribution in [0.4, 0.5) is 0 Å². The lowest BCUT2D eigenvalue weighted by molar-refractivity contribution is -0.947. The normalized spacial score (nSPS) is 16.0. The summed E-state index contributed by atoms with van der Waals surface area (Å²) in [4.78, 5) is 0. The number of nitrogens with zero attached hydrogens (tertiary/aromatic N) is 1. The molecule has 0 aromatic heterocycles. The Morgan fingerprint density at radius 2 is 1.70 bits per heavy atom. The van der Waals surface area contributed by atoms with Crippen molar-refractivity contribution in [1.82, 2.24) is 0 Å². The van der Waals surface area contributed by atoms with Crippen molar-refractivity contribution in [1.29, 1.82) is 0 Å². The lowest BCUT2D eigenvalue weighted by Crippen LogP contribution is -2.44. The van der Waals surface area contributed by atoms with Crippen LogP contribution in [0.5, 0.6) is 0 Å². The van der Waals surface area contributed by atoms with Gasteiger partial charge in [-0.25, -0.2) is 0 Å². The molecule has 2 aromatic rings. The van der Waals surface area contributed by atoms with Gasteiger partial charge in [-0.05, 0) is 35.2 Å². The SMILES string of the molecule is CCCC[N+]1(CCCC)Cc2cc3ccccc3c(CO)c2C1. The summed E-state index contributed by atoms with van der Waals surface area (Å²) < 4.78 is 1.19. The van der Waals surface area contributed by atoms with Crippen molar-refractivity contribution in [3.63, 3.8) is 0 Å². The highest BCUT2D eigenvalue weighted by Gasteiger charge is 2.36. The van der Waals surface area contributed by atoms with Crippen LogP contribution >= 0.6 is 0 Å². The molecule has 0 aliphatic carbocycles. The van der Waals surface area contributed by atoms with E-state index >= 15 is 0 Å². The third-order valence-corrected chi connectivity index (χ3v) is 5.50. The molecule has 3 rings (SSSR count). The Kier molecular flexibility index (Phi) is 5.03. The van der Waals surface area contributed by atoms with E-state index in [9.17, 15) is 5.11 Å². The van der Waals surface area contributed by atoms with Crippen LogP contribution in [0, 0.1) is 0 Å². The van der Waals surface area contributed by atoms with E-state index in [2.05, 4.69) is 44.2 Å². The smallest absolute Gasteiger partial charge is 0.105 e. The number of fused-ring (bicyclic) bond motifs is 2. The topological polar surface area (TPSA) is 20.2 Å². The van der Waals surface area contributed by atoms with Crippen molar-refractivity contribution in [2.75, 3.05) is 13.1 Å². The summed E-state index contributed by atoms with van der Waals surface area (Å²) in [7, 11) is 0. The number of unbranched alkanes of at least 4 members (excludes halogenated alkanes) is 2. The van der Waals surface area contributed by atoms with Crippen molar-refractivity contribution in [3.8, 4) is 0 Å². The van der Waals surface area contributed by atoms with Crippen LogP contribution in [-0.2, 0) is 19.7 Å². The molecule has 0 bridgehead atoms. The maximum Gasteiger partial charge on any atom is 0.105 e. The van der Waals surface area contributed by atoms with Crippen molar-refractivity contribution < 1.29 is 9.59 Å². The summed E-state index contributed by atoms with van der Waals surface area (Å²) in [6.07, 6.45) is 5.12. The first-order valence-corrected chi connectivity index (χ1v) is 9.21. The molecule has 0 fully saturated rings. The fourth-order valence-electron chi connectivity index (χ4n) is 4.22. The minimum Gasteiger partial charge on any atom is -0.392 e. The van der Waals surface area contributed by atoms with Crippen LogP contribution in [0.1, 0.15) is 56.2 Å². The number of aliphatic hydroxyl groups is 1. The van der Waals surface area contributed by atoms with Gasteiger partial charge in [-0.2, -0.15) is 0 Å². The van der Waals surface area contributed by atoms with Gasteiger partial charge in [0.15, 0.2) is 0 Å². The second kappa shape index (κ2) is 7.02. The number of aliphatic hydroxyl groups excluding tert-OH is 1. The van der Waals surface area contributed by atoms with E-state index in [1.165, 1.54) is 70.7 Å². The number of hydrogen-bond acceptors (Lipinski definition) is 1. The number of benzene rings is 2. The number of hydrogen-bond donors (Lipinski definition) is 1. The monoisotopic (exact) mass is 312 g/mol. The van der Waals surface area contributed by atoms with E-state index in [1.54, 1.807) is 0 Å². The first-order chi connectivity index (χ1) is 11.2. The molecule has 0 amide bonds. The fourth-order valence-corrected chi connectivity index (χ4v) is 4.22. The highest BCUT2D eigenvalue weighted by Crippen LogP contribution is 2.37. The lowest BCUT2D eigenvalue weighted by Gasteiger charge is -2.34.